The third-order valence-electron chi connectivity index (χ3n) is 6.90. The van der Waals surface area contributed by atoms with Crippen molar-refractivity contribution in [1.29, 1.82) is 0 Å². The topological polar surface area (TPSA) is 191 Å². The molecule has 2 unspecified atom stereocenters. The maximum absolute atomic E-state index is 12.6. The van der Waals surface area contributed by atoms with E-state index < -0.39 is 59.3 Å². The van der Waals surface area contributed by atoms with E-state index in [1.54, 1.807) is 0 Å². The number of rotatable bonds is 6. The summed E-state index contributed by atoms with van der Waals surface area (Å²) in [5.74, 6) is -4.42. The second-order valence-electron chi connectivity index (χ2n) is 9.40. The van der Waals surface area contributed by atoms with Gasteiger partial charge in [0, 0.05) is 38.3 Å². The van der Waals surface area contributed by atoms with E-state index in [0.29, 0.717) is 0 Å². The third kappa shape index (κ3) is 4.34. The molecule has 0 spiro atoms. The average molecular weight is 546 g/mol. The monoisotopic (exact) mass is 546 g/mol. The van der Waals surface area contributed by atoms with Crippen LogP contribution in [0.1, 0.15) is 62.1 Å². The molecular formula is C26H22N6O8. The summed E-state index contributed by atoms with van der Waals surface area (Å²) >= 11 is 0. The molecular weight excluding hydrogens is 524 g/mol. The highest BCUT2D eigenvalue weighted by molar-refractivity contribution is 6.22. The maximum atomic E-state index is 12.6. The molecule has 40 heavy (non-hydrogen) atoms. The quantitative estimate of drug-likeness (QED) is 0.308. The lowest BCUT2D eigenvalue weighted by Gasteiger charge is -2.29. The van der Waals surface area contributed by atoms with Gasteiger partial charge in [-0.2, -0.15) is 0 Å². The highest BCUT2D eigenvalue weighted by Gasteiger charge is 2.36. The van der Waals surface area contributed by atoms with Gasteiger partial charge in [0.2, 0.25) is 11.8 Å². The van der Waals surface area contributed by atoms with Crippen LogP contribution < -0.4 is 21.3 Å². The first kappa shape index (κ1) is 26.2. The molecule has 0 aliphatic carbocycles. The third-order valence-corrected chi connectivity index (χ3v) is 6.90. The number of hydrogen-bond donors (Lipinski definition) is 4. The number of piperazine rings is 1. The summed E-state index contributed by atoms with van der Waals surface area (Å²) in [6.45, 7) is -0.509. The fourth-order valence-corrected chi connectivity index (χ4v) is 4.56. The zero-order valence-corrected chi connectivity index (χ0v) is 21.2. The van der Waals surface area contributed by atoms with Gasteiger partial charge in [0.25, 0.3) is 35.4 Å². The normalized spacial score (nSPS) is 19.8. The smallest absolute Gasteiger partial charge is 0.261 e. The van der Waals surface area contributed by atoms with Crippen molar-refractivity contribution in [3.05, 3.63) is 69.8 Å². The van der Waals surface area contributed by atoms with Crippen molar-refractivity contribution in [2.75, 3.05) is 27.2 Å². The highest BCUT2D eigenvalue weighted by Crippen LogP contribution is 2.23. The Hall–Kier alpha value is -5.40. The minimum atomic E-state index is -1.09. The van der Waals surface area contributed by atoms with Crippen molar-refractivity contribution in [2.24, 2.45) is 0 Å². The van der Waals surface area contributed by atoms with Crippen LogP contribution in [0.3, 0.4) is 0 Å². The van der Waals surface area contributed by atoms with Crippen molar-refractivity contribution in [1.82, 2.24) is 31.1 Å². The van der Waals surface area contributed by atoms with Gasteiger partial charge in [-0.3, -0.25) is 48.2 Å². The molecule has 3 aliphatic heterocycles. The summed E-state index contributed by atoms with van der Waals surface area (Å²) in [6, 6.07) is 5.90. The Labute approximate surface area is 226 Å². The van der Waals surface area contributed by atoms with Crippen LogP contribution in [0.4, 0.5) is 0 Å². The van der Waals surface area contributed by atoms with Crippen LogP contribution in [0.5, 0.6) is 0 Å². The van der Waals surface area contributed by atoms with Gasteiger partial charge in [0.15, 0.2) is 0 Å². The predicted molar refractivity (Wildman–Crippen MR) is 134 cm³/mol. The Morgan fingerprint density at radius 2 is 0.975 bits per heavy atom. The molecule has 2 aromatic carbocycles. The number of carbonyl (C=O) groups is 8. The van der Waals surface area contributed by atoms with Crippen LogP contribution >= 0.6 is 0 Å². The molecule has 0 bridgehead atoms. The van der Waals surface area contributed by atoms with Gasteiger partial charge in [-0.25, -0.2) is 0 Å². The number of nitrogens with one attached hydrogen (secondary N) is 4. The first-order valence-corrected chi connectivity index (χ1v) is 12.1. The van der Waals surface area contributed by atoms with Gasteiger partial charge >= 0.3 is 0 Å². The molecule has 4 N–H and O–H groups in total. The van der Waals surface area contributed by atoms with E-state index in [4.69, 9.17) is 0 Å². The molecule has 3 heterocycles. The molecule has 5 rings (SSSR count). The standard InChI is InChI=1S/C26H22N6O8/c1-31-23(37)13-5-3-11(7-15(13)25(31)39)19(33)27-9-17-21(35)30-18(22(36)29-17)10-28-20(34)12-4-6-14-16(8-12)26(40)32(2)24(14)38/h3-8,17-18H,9-10H2,1-2H3,(H,27,33)(H,28,34)(H,29,36)(H,30,35). The average Bonchev–Trinajstić information content (AvgIpc) is 3.30. The van der Waals surface area contributed by atoms with E-state index in [-0.39, 0.29) is 46.5 Å². The van der Waals surface area contributed by atoms with Gasteiger partial charge in [-0.15, -0.1) is 0 Å². The van der Waals surface area contributed by atoms with E-state index in [9.17, 15) is 38.4 Å². The van der Waals surface area contributed by atoms with E-state index in [1.165, 1.54) is 50.5 Å². The van der Waals surface area contributed by atoms with Crippen molar-refractivity contribution >= 4 is 47.3 Å². The lowest BCUT2D eigenvalue weighted by molar-refractivity contribution is -0.136. The van der Waals surface area contributed by atoms with Crippen LogP contribution in [0.25, 0.3) is 0 Å². The zero-order chi connectivity index (χ0) is 28.9. The van der Waals surface area contributed by atoms with Crippen LogP contribution in [0, 0.1) is 0 Å². The summed E-state index contributed by atoms with van der Waals surface area (Å²) in [7, 11) is 2.68. The minimum Gasteiger partial charge on any atom is -0.349 e. The Bertz CT molecular complexity index is 1450. The number of fused-ring (bicyclic) bond motifs is 2. The van der Waals surface area contributed by atoms with E-state index in [1.807, 2.05) is 0 Å². The maximum Gasteiger partial charge on any atom is 0.261 e. The highest BCUT2D eigenvalue weighted by atomic mass is 16.2. The number of benzene rings is 2. The summed E-state index contributed by atoms with van der Waals surface area (Å²) in [4.78, 5) is 101. The number of hydrogen-bond acceptors (Lipinski definition) is 8. The van der Waals surface area contributed by atoms with Crippen molar-refractivity contribution in [2.45, 2.75) is 12.1 Å². The lowest BCUT2D eigenvalue weighted by Crippen LogP contribution is -2.66. The SMILES string of the molecule is CN1C(=O)c2ccc(C(=O)NCC3NC(=O)C(CNC(=O)c4ccc5c(c4)C(=O)N(C)C5=O)NC3=O)cc2C1=O. The molecule has 2 atom stereocenters. The van der Waals surface area contributed by atoms with Gasteiger partial charge in [0.05, 0.1) is 22.3 Å². The second-order valence-corrected chi connectivity index (χ2v) is 9.40. The van der Waals surface area contributed by atoms with E-state index in [0.717, 1.165) is 9.80 Å². The van der Waals surface area contributed by atoms with Gasteiger partial charge in [-0.05, 0) is 36.4 Å². The van der Waals surface area contributed by atoms with E-state index >= 15 is 0 Å². The van der Waals surface area contributed by atoms with Crippen LogP contribution in [0.2, 0.25) is 0 Å². The second kappa shape index (κ2) is 9.72. The largest absolute Gasteiger partial charge is 0.349 e. The van der Waals surface area contributed by atoms with Crippen LogP contribution in [-0.4, -0.2) is 96.3 Å². The summed E-state index contributed by atoms with van der Waals surface area (Å²) < 4.78 is 0. The van der Waals surface area contributed by atoms with Crippen LogP contribution in [0.15, 0.2) is 36.4 Å². The molecule has 204 valence electrons. The molecule has 2 aromatic rings. The Balaban J connectivity index is 1.14. The van der Waals surface area contributed by atoms with Crippen molar-refractivity contribution < 1.29 is 38.4 Å². The molecule has 14 nitrogen and oxygen atoms in total. The molecule has 0 radical (unpaired) electrons. The number of nitrogens with zero attached hydrogens (tertiary/aromatic N) is 2. The summed E-state index contributed by atoms with van der Waals surface area (Å²) in [5, 5.41) is 10.0. The molecule has 8 amide bonds. The van der Waals surface area contributed by atoms with Gasteiger partial charge < -0.3 is 21.3 Å². The Kier molecular flexibility index (Phi) is 6.37. The summed E-state index contributed by atoms with van der Waals surface area (Å²) in [6.07, 6.45) is 0. The molecule has 14 heteroatoms. The molecule has 1 saturated heterocycles. The molecule has 0 saturated carbocycles. The predicted octanol–water partition coefficient (Wildman–Crippen LogP) is -1.72. The van der Waals surface area contributed by atoms with E-state index in [2.05, 4.69) is 21.3 Å². The first-order valence-electron chi connectivity index (χ1n) is 12.1. The van der Waals surface area contributed by atoms with Crippen LogP contribution in [-0.2, 0) is 9.59 Å². The Morgan fingerprint density at radius 1 is 0.625 bits per heavy atom. The molecule has 3 aliphatic rings. The lowest BCUT2D eigenvalue weighted by atomic mass is 10.0. The molecule has 1 fully saturated rings. The number of imide groups is 2. The zero-order valence-electron chi connectivity index (χ0n) is 21.2. The van der Waals surface area contributed by atoms with Crippen molar-refractivity contribution in [3.8, 4) is 0 Å². The fourth-order valence-electron chi connectivity index (χ4n) is 4.56. The molecule has 0 aromatic heterocycles. The summed E-state index contributed by atoms with van der Waals surface area (Å²) in [5.41, 5.74) is 0.772. The fraction of sp³-hybridized carbons (Fsp3) is 0.231. The van der Waals surface area contributed by atoms with Crippen molar-refractivity contribution in [3.63, 3.8) is 0 Å². The minimum absolute atomic E-state index is 0.0982. The number of amides is 8. The Morgan fingerprint density at radius 3 is 1.35 bits per heavy atom. The first-order chi connectivity index (χ1) is 19.0. The number of carbonyl (C=O) groups excluding carboxylic acids is 8. The van der Waals surface area contributed by atoms with Gasteiger partial charge in [-0.1, -0.05) is 0 Å². The van der Waals surface area contributed by atoms with Gasteiger partial charge in [0.1, 0.15) is 12.1 Å².